The third-order valence-electron chi connectivity index (χ3n) is 2.41. The third-order valence-corrected chi connectivity index (χ3v) is 2.77. The number of hydrogen-bond acceptors (Lipinski definition) is 2. The van der Waals surface area contributed by atoms with Crippen molar-refractivity contribution in [2.24, 2.45) is 0 Å². The van der Waals surface area contributed by atoms with Crippen molar-refractivity contribution in [3.8, 4) is 0 Å². The second-order valence-electron chi connectivity index (χ2n) is 3.94. The van der Waals surface area contributed by atoms with Gasteiger partial charge >= 0.3 is 0 Å². The number of nitrogens with zero attached hydrogens (tertiary/aromatic N) is 1. The lowest BCUT2D eigenvalue weighted by Gasteiger charge is -2.21. The zero-order valence-electron chi connectivity index (χ0n) is 9.67. The van der Waals surface area contributed by atoms with E-state index in [9.17, 15) is 8.78 Å². The molecule has 0 saturated carbocycles. The molecule has 5 heteroatoms. The van der Waals surface area contributed by atoms with Crippen molar-refractivity contribution in [3.05, 3.63) is 34.3 Å². The van der Waals surface area contributed by atoms with Crippen LogP contribution in [0.1, 0.15) is 11.1 Å². The van der Waals surface area contributed by atoms with Crippen LogP contribution in [0.15, 0.2) is 18.2 Å². The van der Waals surface area contributed by atoms with E-state index < -0.39 is 6.43 Å². The van der Waals surface area contributed by atoms with Gasteiger partial charge in [-0.3, -0.25) is 4.90 Å². The van der Waals surface area contributed by atoms with Crippen LogP contribution in [0.4, 0.5) is 8.78 Å². The maximum absolute atomic E-state index is 12.3. The second-order valence-corrected chi connectivity index (χ2v) is 4.35. The Balaban J connectivity index is 2.71. The molecule has 1 aromatic carbocycles. The molecule has 0 bridgehead atoms. The Bertz CT molecular complexity index is 360. The summed E-state index contributed by atoms with van der Waals surface area (Å²) in [6, 6.07) is 5.52. The molecule has 0 fully saturated rings. The number of hydrogen-bond donors (Lipinski definition) is 1. The first kappa shape index (κ1) is 14.4. The summed E-state index contributed by atoms with van der Waals surface area (Å²) in [5.74, 6) is 0. The van der Waals surface area contributed by atoms with E-state index in [0.717, 1.165) is 11.1 Å². The predicted octanol–water partition coefficient (Wildman–Crippen LogP) is 2.71. The molecule has 0 aliphatic carbocycles. The molecule has 17 heavy (non-hydrogen) atoms. The van der Waals surface area contributed by atoms with Gasteiger partial charge in [0, 0.05) is 18.1 Å². The third kappa shape index (κ3) is 4.98. The molecule has 0 atom stereocenters. The van der Waals surface area contributed by atoms with E-state index in [2.05, 4.69) is 0 Å². The van der Waals surface area contributed by atoms with Crippen LogP contribution in [0.25, 0.3) is 0 Å². The SMILES string of the molecule is Cc1ccc(CN(CCO)CC(F)F)c(Cl)c1. The number of aliphatic hydroxyl groups is 1. The summed E-state index contributed by atoms with van der Waals surface area (Å²) >= 11 is 6.03. The Morgan fingerprint density at radius 3 is 2.65 bits per heavy atom. The van der Waals surface area contributed by atoms with E-state index in [-0.39, 0.29) is 19.7 Å². The quantitative estimate of drug-likeness (QED) is 0.853. The van der Waals surface area contributed by atoms with Crippen LogP contribution in [0, 0.1) is 6.92 Å². The molecule has 96 valence electrons. The second kappa shape index (κ2) is 6.89. The molecule has 0 amide bonds. The number of alkyl halides is 2. The van der Waals surface area contributed by atoms with Crippen molar-refractivity contribution >= 4 is 11.6 Å². The first-order valence-electron chi connectivity index (χ1n) is 5.39. The minimum Gasteiger partial charge on any atom is -0.395 e. The van der Waals surface area contributed by atoms with E-state index in [4.69, 9.17) is 16.7 Å². The molecular weight excluding hydrogens is 248 g/mol. The van der Waals surface area contributed by atoms with Crippen LogP contribution in [-0.2, 0) is 6.54 Å². The van der Waals surface area contributed by atoms with Crippen LogP contribution in [0.5, 0.6) is 0 Å². The Morgan fingerprint density at radius 2 is 2.12 bits per heavy atom. The van der Waals surface area contributed by atoms with E-state index >= 15 is 0 Å². The minimum atomic E-state index is -2.41. The average molecular weight is 264 g/mol. The van der Waals surface area contributed by atoms with Crippen molar-refractivity contribution in [2.75, 3.05) is 19.7 Å². The fourth-order valence-electron chi connectivity index (χ4n) is 1.59. The summed E-state index contributed by atoms with van der Waals surface area (Å²) in [5, 5.41) is 9.39. The molecule has 0 unspecified atom stereocenters. The lowest BCUT2D eigenvalue weighted by Crippen LogP contribution is -2.31. The lowest BCUT2D eigenvalue weighted by molar-refractivity contribution is 0.0746. The van der Waals surface area contributed by atoms with Crippen molar-refractivity contribution in [2.45, 2.75) is 19.9 Å². The van der Waals surface area contributed by atoms with E-state index in [1.807, 2.05) is 19.1 Å². The van der Waals surface area contributed by atoms with Gasteiger partial charge in [-0.05, 0) is 24.1 Å². The normalized spacial score (nSPS) is 11.5. The van der Waals surface area contributed by atoms with Gasteiger partial charge in [0.05, 0.1) is 13.2 Å². The van der Waals surface area contributed by atoms with Gasteiger partial charge in [-0.15, -0.1) is 0 Å². The maximum atomic E-state index is 12.3. The Labute approximate surface area is 105 Å². The van der Waals surface area contributed by atoms with Crippen molar-refractivity contribution in [3.63, 3.8) is 0 Å². The smallest absolute Gasteiger partial charge is 0.251 e. The van der Waals surface area contributed by atoms with Crippen molar-refractivity contribution in [1.29, 1.82) is 0 Å². The first-order chi connectivity index (χ1) is 8.02. The highest BCUT2D eigenvalue weighted by molar-refractivity contribution is 6.31. The van der Waals surface area contributed by atoms with Crippen molar-refractivity contribution in [1.82, 2.24) is 4.90 Å². The van der Waals surface area contributed by atoms with Crippen LogP contribution in [0.3, 0.4) is 0 Å². The van der Waals surface area contributed by atoms with Crippen LogP contribution in [-0.4, -0.2) is 36.1 Å². The molecule has 2 nitrogen and oxygen atoms in total. The summed E-state index contributed by atoms with van der Waals surface area (Å²) in [7, 11) is 0. The topological polar surface area (TPSA) is 23.5 Å². The Hall–Kier alpha value is -0.710. The van der Waals surface area contributed by atoms with E-state index in [1.165, 1.54) is 4.90 Å². The highest BCUT2D eigenvalue weighted by atomic mass is 35.5. The fraction of sp³-hybridized carbons (Fsp3) is 0.500. The average Bonchev–Trinajstić information content (AvgIpc) is 2.21. The summed E-state index contributed by atoms with van der Waals surface area (Å²) < 4.78 is 24.6. The van der Waals surface area contributed by atoms with Crippen LogP contribution < -0.4 is 0 Å². The first-order valence-corrected chi connectivity index (χ1v) is 5.77. The predicted molar refractivity (Wildman–Crippen MR) is 64.6 cm³/mol. The van der Waals surface area contributed by atoms with Gasteiger partial charge < -0.3 is 5.11 Å². The monoisotopic (exact) mass is 263 g/mol. The minimum absolute atomic E-state index is 0.143. The van der Waals surface area contributed by atoms with Gasteiger partial charge in [0.1, 0.15) is 0 Å². The lowest BCUT2D eigenvalue weighted by atomic mass is 10.1. The molecular formula is C12H16ClF2NO. The molecule has 1 N–H and O–H groups in total. The highest BCUT2D eigenvalue weighted by Gasteiger charge is 2.13. The molecule has 0 aliphatic heterocycles. The van der Waals surface area contributed by atoms with Gasteiger partial charge in [-0.1, -0.05) is 23.7 Å². The summed E-state index contributed by atoms with van der Waals surface area (Å²) in [6.07, 6.45) is -2.41. The highest BCUT2D eigenvalue weighted by Crippen LogP contribution is 2.19. The number of rotatable bonds is 6. The van der Waals surface area contributed by atoms with Gasteiger partial charge in [-0.2, -0.15) is 0 Å². The Morgan fingerprint density at radius 1 is 1.41 bits per heavy atom. The molecule has 0 saturated heterocycles. The standard InChI is InChI=1S/C12H16ClF2NO/c1-9-2-3-10(11(13)6-9)7-16(4-5-17)8-12(14)15/h2-3,6,12,17H,4-5,7-8H2,1H3. The zero-order chi connectivity index (χ0) is 12.8. The van der Waals surface area contributed by atoms with E-state index in [1.54, 1.807) is 6.07 Å². The van der Waals surface area contributed by atoms with Crippen molar-refractivity contribution < 1.29 is 13.9 Å². The molecule has 0 aromatic heterocycles. The molecule has 0 spiro atoms. The van der Waals surface area contributed by atoms with Gasteiger partial charge in [0.15, 0.2) is 0 Å². The zero-order valence-corrected chi connectivity index (χ0v) is 10.4. The molecule has 1 rings (SSSR count). The number of halogens is 3. The molecule has 1 aromatic rings. The summed E-state index contributed by atoms with van der Waals surface area (Å²) in [5.41, 5.74) is 1.83. The number of aliphatic hydroxyl groups excluding tert-OH is 1. The molecule has 0 heterocycles. The number of benzene rings is 1. The molecule has 0 radical (unpaired) electrons. The van der Waals surface area contributed by atoms with Crippen LogP contribution in [0.2, 0.25) is 5.02 Å². The van der Waals surface area contributed by atoms with Gasteiger partial charge in [0.25, 0.3) is 6.43 Å². The van der Waals surface area contributed by atoms with E-state index in [0.29, 0.717) is 11.6 Å². The Kier molecular flexibility index (Phi) is 5.82. The summed E-state index contributed by atoms with van der Waals surface area (Å²) in [4.78, 5) is 1.49. The summed E-state index contributed by atoms with van der Waals surface area (Å²) in [6.45, 7) is 1.96. The molecule has 0 aliphatic rings. The fourth-order valence-corrected chi connectivity index (χ4v) is 1.89. The number of aryl methyl sites for hydroxylation is 1. The van der Waals surface area contributed by atoms with Gasteiger partial charge in [0.2, 0.25) is 0 Å². The van der Waals surface area contributed by atoms with Gasteiger partial charge in [-0.25, -0.2) is 8.78 Å². The van der Waals surface area contributed by atoms with Crippen LogP contribution >= 0.6 is 11.6 Å². The maximum Gasteiger partial charge on any atom is 0.251 e. The largest absolute Gasteiger partial charge is 0.395 e.